The molecule has 2 heteroatoms. The van der Waals surface area contributed by atoms with Gasteiger partial charge in [-0.3, -0.25) is 4.79 Å². The number of benzene rings is 2. The summed E-state index contributed by atoms with van der Waals surface area (Å²) in [6.45, 7) is 0. The van der Waals surface area contributed by atoms with Crippen LogP contribution in [-0.4, -0.2) is 6.29 Å². The highest BCUT2D eigenvalue weighted by Gasteiger charge is 2.31. The van der Waals surface area contributed by atoms with Gasteiger partial charge in [0.05, 0.1) is 0 Å². The molecule has 1 atom stereocenters. The van der Waals surface area contributed by atoms with Crippen molar-refractivity contribution in [3.05, 3.63) is 71.8 Å². The van der Waals surface area contributed by atoms with Crippen molar-refractivity contribution in [2.45, 2.75) is 5.54 Å². The topological polar surface area (TPSA) is 29.1 Å². The molecule has 0 fully saturated rings. The smallest absolute Gasteiger partial charge is 0.153 e. The highest BCUT2D eigenvalue weighted by atomic mass is 16.1. The second-order valence-corrected chi connectivity index (χ2v) is 4.40. The predicted octanol–water partition coefficient (Wildman–Crippen LogP) is 3.22. The van der Waals surface area contributed by atoms with E-state index in [0.717, 1.165) is 23.1 Å². The number of para-hydroxylation sites is 1. The van der Waals surface area contributed by atoms with E-state index in [2.05, 4.69) is 5.32 Å². The Morgan fingerprint density at radius 3 is 2.44 bits per heavy atom. The third-order valence-corrected chi connectivity index (χ3v) is 3.27. The molecule has 0 radical (unpaired) electrons. The van der Waals surface area contributed by atoms with Gasteiger partial charge >= 0.3 is 0 Å². The van der Waals surface area contributed by atoms with Gasteiger partial charge in [-0.2, -0.15) is 0 Å². The fourth-order valence-electron chi connectivity index (χ4n) is 2.26. The second kappa shape index (κ2) is 4.15. The summed E-state index contributed by atoms with van der Waals surface area (Å²) in [5, 5.41) is 3.32. The average Bonchev–Trinajstić information content (AvgIpc) is 2.47. The van der Waals surface area contributed by atoms with Gasteiger partial charge in [-0.05, 0) is 23.3 Å². The molecule has 1 aliphatic rings. The second-order valence-electron chi connectivity index (χ2n) is 4.40. The molecule has 0 spiro atoms. The SMILES string of the molecule is O=CC1(c2ccccc2)C=Cc2ccccc2N1. The van der Waals surface area contributed by atoms with Crippen LogP contribution >= 0.6 is 0 Å². The quantitative estimate of drug-likeness (QED) is 0.810. The molecule has 0 aromatic heterocycles. The molecule has 0 amide bonds. The van der Waals surface area contributed by atoms with Gasteiger partial charge in [0.2, 0.25) is 0 Å². The molecule has 0 saturated carbocycles. The van der Waals surface area contributed by atoms with Gasteiger partial charge in [-0.25, -0.2) is 0 Å². The summed E-state index contributed by atoms with van der Waals surface area (Å²) in [4.78, 5) is 11.6. The van der Waals surface area contributed by atoms with Crippen molar-refractivity contribution in [3.63, 3.8) is 0 Å². The van der Waals surface area contributed by atoms with Gasteiger partial charge in [0.15, 0.2) is 6.29 Å². The van der Waals surface area contributed by atoms with Crippen molar-refractivity contribution in [2.75, 3.05) is 5.32 Å². The van der Waals surface area contributed by atoms with E-state index in [9.17, 15) is 4.79 Å². The number of anilines is 1. The van der Waals surface area contributed by atoms with Gasteiger partial charge in [-0.1, -0.05) is 54.6 Å². The van der Waals surface area contributed by atoms with Crippen LogP contribution in [0.1, 0.15) is 11.1 Å². The van der Waals surface area contributed by atoms with Crippen LogP contribution in [-0.2, 0) is 10.3 Å². The highest BCUT2D eigenvalue weighted by Crippen LogP contribution is 2.33. The summed E-state index contributed by atoms with van der Waals surface area (Å²) in [7, 11) is 0. The van der Waals surface area contributed by atoms with Gasteiger partial charge < -0.3 is 5.32 Å². The van der Waals surface area contributed by atoms with Gasteiger partial charge in [-0.15, -0.1) is 0 Å². The lowest BCUT2D eigenvalue weighted by molar-refractivity contribution is -0.110. The minimum atomic E-state index is -0.754. The molecule has 1 aliphatic heterocycles. The molecule has 2 nitrogen and oxygen atoms in total. The van der Waals surface area contributed by atoms with E-state index in [-0.39, 0.29) is 0 Å². The lowest BCUT2D eigenvalue weighted by Crippen LogP contribution is -2.36. The molecular formula is C16H13NO. The first-order chi connectivity index (χ1) is 8.84. The largest absolute Gasteiger partial charge is 0.366 e. The molecule has 2 aromatic rings. The summed E-state index contributed by atoms with van der Waals surface area (Å²) >= 11 is 0. The van der Waals surface area contributed by atoms with Crippen LogP contribution in [0.25, 0.3) is 6.08 Å². The zero-order valence-corrected chi connectivity index (χ0v) is 9.84. The molecule has 18 heavy (non-hydrogen) atoms. The Labute approximate surface area is 106 Å². The predicted molar refractivity (Wildman–Crippen MR) is 73.3 cm³/mol. The van der Waals surface area contributed by atoms with Crippen molar-refractivity contribution in [1.82, 2.24) is 0 Å². The van der Waals surface area contributed by atoms with Crippen LogP contribution in [0.2, 0.25) is 0 Å². The fraction of sp³-hybridized carbons (Fsp3) is 0.0625. The van der Waals surface area contributed by atoms with Gasteiger partial charge in [0, 0.05) is 5.69 Å². The average molecular weight is 235 g/mol. The van der Waals surface area contributed by atoms with E-state index < -0.39 is 5.54 Å². The molecule has 2 aromatic carbocycles. The number of rotatable bonds is 2. The Morgan fingerprint density at radius 1 is 0.944 bits per heavy atom. The Balaban J connectivity index is 2.10. The molecule has 0 aliphatic carbocycles. The van der Waals surface area contributed by atoms with Crippen LogP contribution < -0.4 is 5.32 Å². The van der Waals surface area contributed by atoms with Crippen LogP contribution in [0.15, 0.2) is 60.7 Å². The molecular weight excluding hydrogens is 222 g/mol. The van der Waals surface area contributed by atoms with Crippen molar-refractivity contribution in [3.8, 4) is 0 Å². The van der Waals surface area contributed by atoms with Gasteiger partial charge in [0.25, 0.3) is 0 Å². The van der Waals surface area contributed by atoms with E-state index >= 15 is 0 Å². The number of carbonyl (C=O) groups is 1. The fourth-order valence-corrected chi connectivity index (χ4v) is 2.26. The normalized spacial score (nSPS) is 20.9. The van der Waals surface area contributed by atoms with E-state index in [1.807, 2.05) is 66.7 Å². The van der Waals surface area contributed by atoms with Crippen LogP contribution in [0.4, 0.5) is 5.69 Å². The zero-order chi connectivity index (χ0) is 12.4. The maximum absolute atomic E-state index is 11.6. The molecule has 0 bridgehead atoms. The number of aldehydes is 1. The Kier molecular flexibility index (Phi) is 2.49. The monoisotopic (exact) mass is 235 g/mol. The minimum Gasteiger partial charge on any atom is -0.366 e. The summed E-state index contributed by atoms with van der Waals surface area (Å²) in [5.41, 5.74) is 2.28. The Morgan fingerprint density at radius 2 is 1.67 bits per heavy atom. The Bertz CT molecular complexity index is 604. The van der Waals surface area contributed by atoms with Crippen LogP contribution in [0, 0.1) is 0 Å². The maximum Gasteiger partial charge on any atom is 0.153 e. The summed E-state index contributed by atoms with van der Waals surface area (Å²) in [6.07, 6.45) is 4.86. The van der Waals surface area contributed by atoms with Crippen molar-refractivity contribution in [2.24, 2.45) is 0 Å². The molecule has 1 unspecified atom stereocenters. The third-order valence-electron chi connectivity index (χ3n) is 3.27. The van der Waals surface area contributed by atoms with Crippen LogP contribution in [0.3, 0.4) is 0 Å². The minimum absolute atomic E-state index is 0.754. The van der Waals surface area contributed by atoms with E-state index in [1.165, 1.54) is 0 Å². The first kappa shape index (κ1) is 10.8. The van der Waals surface area contributed by atoms with E-state index in [4.69, 9.17) is 0 Å². The summed E-state index contributed by atoms with van der Waals surface area (Å²) < 4.78 is 0. The summed E-state index contributed by atoms with van der Waals surface area (Å²) in [5.74, 6) is 0. The molecule has 0 saturated heterocycles. The lowest BCUT2D eigenvalue weighted by atomic mass is 9.87. The van der Waals surface area contributed by atoms with E-state index in [1.54, 1.807) is 0 Å². The highest BCUT2D eigenvalue weighted by molar-refractivity contribution is 5.85. The maximum atomic E-state index is 11.6. The standard InChI is InChI=1S/C16H13NO/c18-12-16(14-7-2-1-3-8-14)11-10-13-6-4-5-9-15(13)17-16/h1-12,17H. The molecule has 1 heterocycles. The molecule has 88 valence electrons. The summed E-state index contributed by atoms with van der Waals surface area (Å²) in [6, 6.07) is 17.7. The first-order valence-electron chi connectivity index (χ1n) is 5.92. The van der Waals surface area contributed by atoms with E-state index in [0.29, 0.717) is 0 Å². The number of hydrogen-bond donors (Lipinski definition) is 1. The van der Waals surface area contributed by atoms with Crippen molar-refractivity contribution >= 4 is 18.0 Å². The molecule has 3 rings (SSSR count). The number of nitrogens with one attached hydrogen (secondary N) is 1. The number of hydrogen-bond acceptors (Lipinski definition) is 2. The van der Waals surface area contributed by atoms with Gasteiger partial charge in [0.1, 0.15) is 5.54 Å². The molecule has 1 N–H and O–H groups in total. The van der Waals surface area contributed by atoms with Crippen molar-refractivity contribution in [1.29, 1.82) is 0 Å². The van der Waals surface area contributed by atoms with Crippen LogP contribution in [0.5, 0.6) is 0 Å². The van der Waals surface area contributed by atoms with Crippen molar-refractivity contribution < 1.29 is 4.79 Å². The number of carbonyl (C=O) groups excluding carboxylic acids is 1. The first-order valence-corrected chi connectivity index (χ1v) is 5.92. The lowest BCUT2D eigenvalue weighted by Gasteiger charge is -2.31. The zero-order valence-electron chi connectivity index (χ0n) is 9.84. The number of fused-ring (bicyclic) bond motifs is 1. The third kappa shape index (κ3) is 1.63. The Hall–Kier alpha value is -2.35.